The molecule has 0 aliphatic carbocycles. The molecule has 26 heavy (non-hydrogen) atoms. The van der Waals surface area contributed by atoms with Crippen molar-refractivity contribution in [2.24, 2.45) is 0 Å². The number of para-hydroxylation sites is 2. The summed E-state index contributed by atoms with van der Waals surface area (Å²) in [5.41, 5.74) is 2.24. The Labute approximate surface area is 163 Å². The van der Waals surface area contributed by atoms with Crippen LogP contribution >= 0.6 is 21.6 Å². The molecular weight excluding hydrogens is 362 g/mol. The van der Waals surface area contributed by atoms with E-state index in [9.17, 15) is 4.79 Å². The molecule has 2 fully saturated rings. The van der Waals surface area contributed by atoms with E-state index in [4.69, 9.17) is 0 Å². The number of aryl methyl sites for hydroxylation is 1. The summed E-state index contributed by atoms with van der Waals surface area (Å²) in [5.74, 6) is 2.69. The topological polar surface area (TPSA) is 38.1 Å². The molecule has 2 saturated heterocycles. The van der Waals surface area contributed by atoms with Gasteiger partial charge in [0, 0.05) is 30.5 Å². The number of hydrogen-bond donors (Lipinski definition) is 0. The van der Waals surface area contributed by atoms with Gasteiger partial charge in [-0.1, -0.05) is 40.1 Å². The van der Waals surface area contributed by atoms with E-state index in [-0.39, 0.29) is 0 Å². The van der Waals surface area contributed by atoms with E-state index in [1.807, 2.05) is 27.7 Å². The van der Waals surface area contributed by atoms with Crippen molar-refractivity contribution >= 4 is 38.5 Å². The number of imidazole rings is 1. The van der Waals surface area contributed by atoms with Crippen LogP contribution in [0.2, 0.25) is 0 Å². The average molecular weight is 390 g/mol. The normalized spacial score (nSPS) is 23.2. The van der Waals surface area contributed by atoms with Crippen molar-refractivity contribution in [1.82, 2.24) is 14.5 Å². The number of carbonyl (C=O) groups is 1. The summed E-state index contributed by atoms with van der Waals surface area (Å²) in [4.78, 5) is 19.3. The van der Waals surface area contributed by atoms with Crippen molar-refractivity contribution in [2.45, 2.75) is 56.7 Å². The van der Waals surface area contributed by atoms with Gasteiger partial charge >= 0.3 is 0 Å². The number of hydrogen-bond acceptors (Lipinski definition) is 4. The largest absolute Gasteiger partial charge is 0.341 e. The maximum atomic E-state index is 12.6. The molecule has 0 unspecified atom stereocenters. The fourth-order valence-corrected chi connectivity index (χ4v) is 7.20. The lowest BCUT2D eigenvalue weighted by molar-refractivity contribution is -0.130. The van der Waals surface area contributed by atoms with Crippen molar-refractivity contribution in [2.75, 3.05) is 18.8 Å². The van der Waals surface area contributed by atoms with Gasteiger partial charge in [-0.25, -0.2) is 4.98 Å². The van der Waals surface area contributed by atoms with Crippen molar-refractivity contribution in [3.8, 4) is 0 Å². The summed E-state index contributed by atoms with van der Waals surface area (Å²) >= 11 is 0. The second-order valence-electron chi connectivity index (χ2n) is 7.37. The first-order chi connectivity index (χ1) is 12.7. The molecule has 0 saturated carbocycles. The predicted octanol–water partition coefficient (Wildman–Crippen LogP) is 4.83. The molecule has 0 radical (unpaired) electrons. The molecule has 3 heterocycles. The van der Waals surface area contributed by atoms with Gasteiger partial charge in [-0.15, -0.1) is 0 Å². The van der Waals surface area contributed by atoms with Crippen LogP contribution in [0.15, 0.2) is 24.3 Å². The smallest absolute Gasteiger partial charge is 0.222 e. The molecule has 6 heteroatoms. The van der Waals surface area contributed by atoms with E-state index in [2.05, 4.69) is 39.6 Å². The molecule has 2 aliphatic heterocycles. The number of fused-ring (bicyclic) bond motifs is 1. The Morgan fingerprint density at radius 3 is 3.00 bits per heavy atom. The molecule has 1 aromatic carbocycles. The first-order valence-electron chi connectivity index (χ1n) is 9.72. The van der Waals surface area contributed by atoms with Gasteiger partial charge in [0.1, 0.15) is 5.82 Å². The maximum Gasteiger partial charge on any atom is 0.222 e. The van der Waals surface area contributed by atoms with Gasteiger partial charge < -0.3 is 9.47 Å². The van der Waals surface area contributed by atoms with E-state index < -0.39 is 0 Å². The standard InChI is InChI=1S/C20H27N3OS2/c1-15-21-18-7-3-4-8-19(18)23(15)16-10-12-22(14-16)20(24)9-5-2-6-17-11-13-25-26-17/h3-4,7-8,16-17H,2,5-6,9-14H2,1H3/t16-,17-/m0/s1. The number of unbranched alkanes of at least 4 members (excludes halogenated alkanes) is 1. The van der Waals surface area contributed by atoms with Crippen molar-refractivity contribution in [3.05, 3.63) is 30.1 Å². The number of aromatic nitrogens is 2. The van der Waals surface area contributed by atoms with Crippen LogP contribution in [-0.2, 0) is 4.79 Å². The Morgan fingerprint density at radius 2 is 2.15 bits per heavy atom. The van der Waals surface area contributed by atoms with Crippen molar-refractivity contribution < 1.29 is 4.79 Å². The summed E-state index contributed by atoms with van der Waals surface area (Å²) in [6.07, 6.45) is 6.58. The van der Waals surface area contributed by atoms with Crippen molar-refractivity contribution in [3.63, 3.8) is 0 Å². The van der Waals surface area contributed by atoms with Crippen molar-refractivity contribution in [1.29, 1.82) is 0 Å². The van der Waals surface area contributed by atoms with Gasteiger partial charge in [0.2, 0.25) is 5.91 Å². The summed E-state index contributed by atoms with van der Waals surface area (Å²) < 4.78 is 2.33. The molecule has 2 atom stereocenters. The fourth-order valence-electron chi connectivity index (χ4n) is 4.18. The van der Waals surface area contributed by atoms with Crippen LogP contribution < -0.4 is 0 Å². The van der Waals surface area contributed by atoms with Crippen LogP contribution in [0.3, 0.4) is 0 Å². The van der Waals surface area contributed by atoms with E-state index in [1.165, 1.54) is 30.5 Å². The summed E-state index contributed by atoms with van der Waals surface area (Å²) in [6.45, 7) is 3.78. The lowest BCUT2D eigenvalue weighted by atomic mass is 10.1. The van der Waals surface area contributed by atoms with Gasteiger partial charge in [-0.05, 0) is 44.7 Å². The van der Waals surface area contributed by atoms with E-state index in [1.54, 1.807) is 0 Å². The highest BCUT2D eigenvalue weighted by Crippen LogP contribution is 2.40. The average Bonchev–Trinajstić information content (AvgIpc) is 3.37. The fraction of sp³-hybridized carbons (Fsp3) is 0.600. The van der Waals surface area contributed by atoms with Gasteiger partial charge in [-0.2, -0.15) is 0 Å². The molecule has 0 bridgehead atoms. The monoisotopic (exact) mass is 389 g/mol. The molecule has 4 nitrogen and oxygen atoms in total. The Hall–Kier alpha value is -1.14. The zero-order valence-corrected chi connectivity index (χ0v) is 17.0. The predicted molar refractivity (Wildman–Crippen MR) is 112 cm³/mol. The van der Waals surface area contributed by atoms with Crippen LogP contribution in [-0.4, -0.2) is 44.5 Å². The van der Waals surface area contributed by atoms with Gasteiger partial charge in [0.15, 0.2) is 0 Å². The zero-order chi connectivity index (χ0) is 17.9. The molecule has 4 rings (SSSR count). The highest BCUT2D eigenvalue weighted by molar-refractivity contribution is 8.77. The molecule has 2 aliphatic rings. The lowest BCUT2D eigenvalue weighted by Crippen LogP contribution is -2.29. The molecule has 140 valence electrons. The first-order valence-corrected chi connectivity index (χ1v) is 12.1. The van der Waals surface area contributed by atoms with Crippen LogP contribution in [0.5, 0.6) is 0 Å². The molecule has 0 N–H and O–H groups in total. The van der Waals surface area contributed by atoms with E-state index in [0.29, 0.717) is 18.4 Å². The SMILES string of the molecule is Cc1nc2ccccc2n1[C@H]1CCN(C(=O)CCCC[C@H]2CCSS2)C1. The second kappa shape index (κ2) is 8.26. The zero-order valence-electron chi connectivity index (χ0n) is 15.4. The third-order valence-electron chi connectivity index (χ3n) is 5.55. The molecule has 0 spiro atoms. The minimum absolute atomic E-state index is 0.336. The Bertz CT molecular complexity index is 770. The van der Waals surface area contributed by atoms with Gasteiger partial charge in [-0.3, -0.25) is 4.79 Å². The van der Waals surface area contributed by atoms with Crippen LogP contribution in [0.4, 0.5) is 0 Å². The van der Waals surface area contributed by atoms with E-state index >= 15 is 0 Å². The molecule has 1 amide bonds. The Balaban J connectivity index is 1.30. The molecule has 2 aromatic rings. The number of likely N-dealkylation sites (tertiary alicyclic amines) is 1. The second-order valence-corrected chi connectivity index (χ2v) is 10.2. The minimum Gasteiger partial charge on any atom is -0.341 e. The summed E-state index contributed by atoms with van der Waals surface area (Å²) in [6, 6.07) is 8.67. The highest BCUT2D eigenvalue weighted by Gasteiger charge is 2.29. The lowest BCUT2D eigenvalue weighted by Gasteiger charge is -2.18. The van der Waals surface area contributed by atoms with Crippen LogP contribution in [0.25, 0.3) is 11.0 Å². The summed E-state index contributed by atoms with van der Waals surface area (Å²) in [5, 5.41) is 0.823. The van der Waals surface area contributed by atoms with Crippen LogP contribution in [0, 0.1) is 6.92 Å². The Morgan fingerprint density at radius 1 is 1.27 bits per heavy atom. The number of rotatable bonds is 6. The van der Waals surface area contributed by atoms with Crippen LogP contribution in [0.1, 0.15) is 50.4 Å². The first kappa shape index (κ1) is 18.2. The number of nitrogens with zero attached hydrogens (tertiary/aromatic N) is 3. The third-order valence-corrected chi connectivity index (χ3v) is 8.55. The molecular formula is C20H27N3OS2. The van der Waals surface area contributed by atoms with E-state index in [0.717, 1.165) is 42.5 Å². The highest BCUT2D eigenvalue weighted by atomic mass is 33.1. The number of carbonyl (C=O) groups excluding carboxylic acids is 1. The number of amides is 1. The summed E-state index contributed by atoms with van der Waals surface area (Å²) in [7, 11) is 4.04. The third kappa shape index (κ3) is 3.91. The molecule has 1 aromatic heterocycles. The van der Waals surface area contributed by atoms with Gasteiger partial charge in [0.25, 0.3) is 0 Å². The quantitative estimate of drug-likeness (QED) is 0.524. The Kier molecular flexibility index (Phi) is 5.79. The maximum absolute atomic E-state index is 12.6. The minimum atomic E-state index is 0.336. The number of benzene rings is 1. The van der Waals surface area contributed by atoms with Gasteiger partial charge in [0.05, 0.1) is 17.1 Å².